The second kappa shape index (κ2) is 3.95. The minimum absolute atomic E-state index is 0.0428. The van der Waals surface area contributed by atoms with E-state index < -0.39 is 30.1 Å². The maximum Gasteiger partial charge on any atom is 0.359 e. The Morgan fingerprint density at radius 1 is 1.57 bits per heavy atom. The summed E-state index contributed by atoms with van der Waals surface area (Å²) in [4.78, 5) is 24.4. The Morgan fingerprint density at radius 2 is 2.21 bits per heavy atom. The molecule has 0 aromatic heterocycles. The molecule has 1 unspecified atom stereocenters. The van der Waals surface area contributed by atoms with E-state index in [4.69, 9.17) is 0 Å². The number of hydrogen-bond acceptors (Lipinski definition) is 4. The van der Waals surface area contributed by atoms with Gasteiger partial charge in [-0.05, 0) is 13.0 Å². The van der Waals surface area contributed by atoms with E-state index in [0.29, 0.717) is 0 Å². The van der Waals surface area contributed by atoms with Crippen LogP contribution in [0.2, 0.25) is 0 Å². The van der Waals surface area contributed by atoms with Gasteiger partial charge in [-0.25, -0.2) is 4.79 Å². The molecule has 1 aliphatic heterocycles. The summed E-state index contributed by atoms with van der Waals surface area (Å²) >= 11 is 0. The maximum absolute atomic E-state index is 12.9. The van der Waals surface area contributed by atoms with E-state index in [1.165, 1.54) is 0 Å². The van der Waals surface area contributed by atoms with Gasteiger partial charge in [-0.15, -0.1) is 0 Å². The average Bonchev–Trinajstić information content (AvgIpc) is 2.27. The fraction of sp³-hybridized carbons (Fsp3) is 0.714. The monoisotopic (exact) mass is 211 g/mol. The van der Waals surface area contributed by atoms with Crippen LogP contribution in [0, 0.1) is 5.92 Å². The smallest absolute Gasteiger partial charge is 0.311 e. The van der Waals surface area contributed by atoms with E-state index in [-0.39, 0.29) is 13.0 Å². The van der Waals surface area contributed by atoms with Gasteiger partial charge in [0.1, 0.15) is 5.92 Å². The molecule has 0 amide bonds. The molecule has 1 rings (SSSR count). The molecule has 1 fully saturated rings. The SMILES string of the molecule is O=C(OF)C1CCNCC(F)(F)C1=O. The van der Waals surface area contributed by atoms with Crippen molar-refractivity contribution < 1.29 is 27.8 Å². The summed E-state index contributed by atoms with van der Waals surface area (Å²) in [5, 5.41) is 2.28. The Balaban J connectivity index is 2.84. The first-order valence-electron chi connectivity index (χ1n) is 3.94. The largest absolute Gasteiger partial charge is 0.359 e. The van der Waals surface area contributed by atoms with Crippen LogP contribution in [0.1, 0.15) is 6.42 Å². The molecule has 0 radical (unpaired) electrons. The van der Waals surface area contributed by atoms with Gasteiger partial charge in [-0.1, -0.05) is 0 Å². The van der Waals surface area contributed by atoms with E-state index in [2.05, 4.69) is 10.3 Å². The van der Waals surface area contributed by atoms with Crippen LogP contribution in [0.25, 0.3) is 0 Å². The topological polar surface area (TPSA) is 55.4 Å². The number of carbonyl (C=O) groups is 2. The number of rotatable bonds is 1. The third-order valence-electron chi connectivity index (χ3n) is 1.99. The molecule has 1 heterocycles. The first kappa shape index (κ1) is 11.0. The molecule has 0 spiro atoms. The van der Waals surface area contributed by atoms with Gasteiger partial charge in [-0.3, -0.25) is 9.74 Å². The predicted molar refractivity (Wildman–Crippen MR) is 38.1 cm³/mol. The molecule has 1 atom stereocenters. The van der Waals surface area contributed by atoms with Gasteiger partial charge in [0, 0.05) is 4.53 Å². The summed E-state index contributed by atoms with van der Waals surface area (Å²) in [6.45, 7) is -0.789. The Hall–Kier alpha value is -1.11. The molecule has 7 heteroatoms. The van der Waals surface area contributed by atoms with E-state index in [1.54, 1.807) is 0 Å². The Kier molecular flexibility index (Phi) is 3.10. The summed E-state index contributed by atoms with van der Waals surface area (Å²) < 4.78 is 37.2. The molecule has 0 aliphatic carbocycles. The molecule has 1 saturated heterocycles. The quantitative estimate of drug-likeness (QED) is 0.631. The zero-order valence-corrected chi connectivity index (χ0v) is 7.06. The summed E-state index contributed by atoms with van der Waals surface area (Å²) in [7, 11) is 0. The number of hydrogen-bond donors (Lipinski definition) is 1. The van der Waals surface area contributed by atoms with Crippen molar-refractivity contribution in [1.82, 2.24) is 5.32 Å². The normalized spacial score (nSPS) is 26.8. The van der Waals surface area contributed by atoms with Gasteiger partial charge in [0.2, 0.25) is 5.78 Å². The van der Waals surface area contributed by atoms with Gasteiger partial charge in [0.15, 0.2) is 0 Å². The number of alkyl halides is 2. The first-order valence-corrected chi connectivity index (χ1v) is 3.94. The Labute approximate surface area is 77.3 Å². The van der Waals surface area contributed by atoms with Crippen LogP contribution in [-0.2, 0) is 14.5 Å². The molecule has 4 nitrogen and oxygen atoms in total. The van der Waals surface area contributed by atoms with Crippen molar-refractivity contribution in [2.24, 2.45) is 5.92 Å². The molecular weight excluding hydrogens is 203 g/mol. The third kappa shape index (κ3) is 2.03. The van der Waals surface area contributed by atoms with Crippen molar-refractivity contribution in [2.45, 2.75) is 12.3 Å². The van der Waals surface area contributed by atoms with Crippen molar-refractivity contribution in [1.29, 1.82) is 0 Å². The zero-order chi connectivity index (χ0) is 10.8. The van der Waals surface area contributed by atoms with Crippen LogP contribution in [0.5, 0.6) is 0 Å². The van der Waals surface area contributed by atoms with Gasteiger partial charge >= 0.3 is 11.9 Å². The predicted octanol–water partition coefficient (Wildman–Crippen LogP) is 0.228. The van der Waals surface area contributed by atoms with Crippen molar-refractivity contribution in [3.05, 3.63) is 0 Å². The Morgan fingerprint density at radius 3 is 2.79 bits per heavy atom. The molecule has 80 valence electrons. The number of halogens is 3. The summed E-state index contributed by atoms with van der Waals surface area (Å²) in [5.74, 6) is -8.51. The van der Waals surface area contributed by atoms with Crippen LogP contribution in [0.15, 0.2) is 0 Å². The standard InChI is InChI=1S/C7H8F3NO3/c8-7(9)3-11-2-1-4(5(7)12)6(13)14-10/h4,11H,1-3H2. The molecule has 0 aromatic carbocycles. The Bertz CT molecular complexity index is 257. The lowest BCUT2D eigenvalue weighted by molar-refractivity contribution is -0.192. The average molecular weight is 211 g/mol. The van der Waals surface area contributed by atoms with Crippen molar-refractivity contribution in [3.63, 3.8) is 0 Å². The minimum atomic E-state index is -3.64. The molecule has 1 aliphatic rings. The minimum Gasteiger partial charge on any atom is -0.311 e. The lowest BCUT2D eigenvalue weighted by Crippen LogP contribution is -2.41. The summed E-state index contributed by atoms with van der Waals surface area (Å²) in [6, 6.07) is 0. The van der Waals surface area contributed by atoms with Crippen LogP contribution in [-0.4, -0.2) is 30.8 Å². The lowest BCUT2D eigenvalue weighted by atomic mass is 9.97. The van der Waals surface area contributed by atoms with Gasteiger partial charge in [-0.2, -0.15) is 8.78 Å². The molecule has 0 saturated carbocycles. The van der Waals surface area contributed by atoms with Crippen molar-refractivity contribution >= 4 is 11.8 Å². The second-order valence-electron chi connectivity index (χ2n) is 2.98. The summed E-state index contributed by atoms with van der Waals surface area (Å²) in [6.07, 6.45) is -0.183. The number of nitrogens with one attached hydrogen (secondary N) is 1. The zero-order valence-electron chi connectivity index (χ0n) is 7.06. The molecular formula is C7H8F3NO3. The lowest BCUT2D eigenvalue weighted by Gasteiger charge is -2.14. The first-order chi connectivity index (χ1) is 6.49. The number of Topliss-reactive ketones (excluding diaryl/α,β-unsaturated/α-hetero) is 1. The maximum atomic E-state index is 12.9. The van der Waals surface area contributed by atoms with Crippen LogP contribution in [0.3, 0.4) is 0 Å². The van der Waals surface area contributed by atoms with Crippen LogP contribution >= 0.6 is 0 Å². The van der Waals surface area contributed by atoms with E-state index in [0.717, 1.165) is 0 Å². The van der Waals surface area contributed by atoms with Crippen molar-refractivity contribution in [2.75, 3.05) is 13.1 Å². The molecule has 0 aromatic rings. The van der Waals surface area contributed by atoms with E-state index >= 15 is 0 Å². The highest BCUT2D eigenvalue weighted by atomic mass is 19.3. The third-order valence-corrected chi connectivity index (χ3v) is 1.99. The fourth-order valence-electron chi connectivity index (χ4n) is 1.24. The number of ketones is 1. The van der Waals surface area contributed by atoms with Gasteiger partial charge in [0.25, 0.3) is 0 Å². The van der Waals surface area contributed by atoms with Gasteiger partial charge in [0.05, 0.1) is 6.54 Å². The molecule has 14 heavy (non-hydrogen) atoms. The molecule has 1 N–H and O–H groups in total. The van der Waals surface area contributed by atoms with Crippen LogP contribution < -0.4 is 5.32 Å². The summed E-state index contributed by atoms with van der Waals surface area (Å²) in [5.41, 5.74) is 0. The fourth-order valence-corrected chi connectivity index (χ4v) is 1.24. The van der Waals surface area contributed by atoms with Gasteiger partial charge < -0.3 is 5.32 Å². The highest BCUT2D eigenvalue weighted by Gasteiger charge is 2.47. The van der Waals surface area contributed by atoms with Crippen LogP contribution in [0.4, 0.5) is 13.3 Å². The number of carbonyl (C=O) groups excluding carboxylic acids is 2. The second-order valence-corrected chi connectivity index (χ2v) is 2.98. The highest BCUT2D eigenvalue weighted by molar-refractivity contribution is 6.02. The van der Waals surface area contributed by atoms with Crippen molar-refractivity contribution in [3.8, 4) is 0 Å². The van der Waals surface area contributed by atoms with E-state index in [9.17, 15) is 22.9 Å². The van der Waals surface area contributed by atoms with E-state index in [1.807, 2.05) is 0 Å². The molecule has 0 bridgehead atoms. The highest BCUT2D eigenvalue weighted by Crippen LogP contribution is 2.24.